The molecule has 1 aliphatic heterocycles. The van der Waals surface area contributed by atoms with Gasteiger partial charge in [0.2, 0.25) is 0 Å². The number of amides is 1. The number of hydrogen-bond acceptors (Lipinski definition) is 6. The highest BCUT2D eigenvalue weighted by Crippen LogP contribution is 2.27. The van der Waals surface area contributed by atoms with Crippen molar-refractivity contribution < 1.29 is 24.3 Å². The molecule has 0 aromatic heterocycles. The molecule has 0 aliphatic carbocycles. The van der Waals surface area contributed by atoms with Gasteiger partial charge < -0.3 is 19.6 Å². The molecule has 2 aromatic carbocycles. The molecule has 1 N–H and O–H groups in total. The van der Waals surface area contributed by atoms with Crippen molar-refractivity contribution in [1.82, 2.24) is 4.90 Å². The van der Waals surface area contributed by atoms with Gasteiger partial charge in [-0.25, -0.2) is 4.79 Å². The Hall–Kier alpha value is -3.87. The maximum Gasteiger partial charge on any atom is 0.338 e. The Morgan fingerprint density at radius 3 is 2.62 bits per heavy atom. The number of phenols is 1. The monoisotopic (exact) mass is 504 g/mol. The summed E-state index contributed by atoms with van der Waals surface area (Å²) in [5, 5.41) is 14.2. The van der Waals surface area contributed by atoms with Crippen molar-refractivity contribution in [3.63, 3.8) is 0 Å². The number of hydrogen-bond donors (Lipinski definition) is 1. The molecule has 0 saturated carbocycles. The average Bonchev–Trinajstić information content (AvgIpc) is 2.92. The van der Waals surface area contributed by atoms with Gasteiger partial charge in [0.15, 0.2) is 6.61 Å². The van der Waals surface area contributed by atoms with Crippen molar-refractivity contribution in [1.29, 1.82) is 0 Å². The fourth-order valence-electron chi connectivity index (χ4n) is 4.26. The topological polar surface area (TPSA) is 88.4 Å². The minimum atomic E-state index is -0.481. The summed E-state index contributed by atoms with van der Waals surface area (Å²) in [5.41, 5.74) is 2.75. The lowest BCUT2D eigenvalue weighted by Gasteiger charge is -2.32. The number of piperidine rings is 1. The van der Waals surface area contributed by atoms with E-state index in [2.05, 4.69) is 36.0 Å². The number of oxime groups is 1. The number of rotatable bonds is 12. The number of allylic oxidation sites excluding steroid dienone is 2. The summed E-state index contributed by atoms with van der Waals surface area (Å²) in [6.45, 7) is 7.07. The van der Waals surface area contributed by atoms with E-state index in [9.17, 15) is 14.7 Å². The Kier molecular flexibility index (Phi) is 11.0. The third-order valence-corrected chi connectivity index (χ3v) is 6.27. The van der Waals surface area contributed by atoms with Crippen LogP contribution in [0.5, 0.6) is 5.75 Å². The number of nitrogens with zero attached hydrogens (tertiary/aromatic N) is 2. The average molecular weight is 505 g/mol. The lowest BCUT2D eigenvalue weighted by atomic mass is 9.89. The number of carbonyl (C=O) groups excluding carboxylic acids is 2. The fourth-order valence-corrected chi connectivity index (χ4v) is 4.26. The SMILES string of the molecule is C=CCCOC(=O)c1ccc(O)cc1CC(/C=C/CC)=N\OCC(=O)N1CCC(c2ccccc2)CC1. The zero-order chi connectivity index (χ0) is 26.5. The second-order valence-corrected chi connectivity index (χ2v) is 8.96. The van der Waals surface area contributed by atoms with Gasteiger partial charge in [0.25, 0.3) is 5.91 Å². The third-order valence-electron chi connectivity index (χ3n) is 6.27. The van der Waals surface area contributed by atoms with Crippen molar-refractivity contribution in [2.24, 2.45) is 5.16 Å². The van der Waals surface area contributed by atoms with E-state index in [4.69, 9.17) is 9.57 Å². The Morgan fingerprint density at radius 1 is 1.16 bits per heavy atom. The number of benzene rings is 2. The lowest BCUT2D eigenvalue weighted by molar-refractivity contribution is -0.137. The molecule has 1 saturated heterocycles. The molecule has 7 nitrogen and oxygen atoms in total. The number of likely N-dealkylation sites (tertiary alicyclic amines) is 1. The molecule has 0 atom stereocenters. The molecule has 0 unspecified atom stereocenters. The first-order valence-electron chi connectivity index (χ1n) is 12.8. The van der Waals surface area contributed by atoms with Gasteiger partial charge in [-0.2, -0.15) is 0 Å². The van der Waals surface area contributed by atoms with Crippen LogP contribution in [0.15, 0.2) is 78.5 Å². The van der Waals surface area contributed by atoms with Crippen LogP contribution in [0.3, 0.4) is 0 Å². The summed E-state index contributed by atoms with van der Waals surface area (Å²) in [6.07, 6.45) is 8.81. The van der Waals surface area contributed by atoms with Crippen molar-refractivity contribution in [2.45, 2.75) is 44.9 Å². The van der Waals surface area contributed by atoms with E-state index >= 15 is 0 Å². The van der Waals surface area contributed by atoms with Gasteiger partial charge in [-0.1, -0.05) is 54.6 Å². The van der Waals surface area contributed by atoms with Crippen LogP contribution in [-0.4, -0.2) is 53.9 Å². The van der Waals surface area contributed by atoms with Crippen LogP contribution in [0.4, 0.5) is 0 Å². The largest absolute Gasteiger partial charge is 0.508 e. The number of esters is 1. The van der Waals surface area contributed by atoms with Crippen LogP contribution in [0.25, 0.3) is 0 Å². The summed E-state index contributed by atoms with van der Waals surface area (Å²) < 4.78 is 5.30. The van der Waals surface area contributed by atoms with Crippen LogP contribution in [0.1, 0.15) is 60.0 Å². The summed E-state index contributed by atoms with van der Waals surface area (Å²) >= 11 is 0. The Bertz CT molecular complexity index is 1100. The van der Waals surface area contributed by atoms with Gasteiger partial charge in [0, 0.05) is 19.5 Å². The molecular formula is C30H36N2O5. The summed E-state index contributed by atoms with van der Waals surface area (Å²) in [5.74, 6) is -0.0787. The predicted octanol–water partition coefficient (Wildman–Crippen LogP) is 5.41. The first-order valence-corrected chi connectivity index (χ1v) is 12.8. The van der Waals surface area contributed by atoms with Gasteiger partial charge in [-0.3, -0.25) is 4.79 Å². The third kappa shape index (κ3) is 8.63. The molecular weight excluding hydrogens is 468 g/mol. The first-order chi connectivity index (χ1) is 18.0. The van der Waals surface area contributed by atoms with Crippen LogP contribution < -0.4 is 0 Å². The van der Waals surface area contributed by atoms with Crippen LogP contribution in [-0.2, 0) is 20.8 Å². The normalized spacial score (nSPS) is 14.5. The van der Waals surface area contributed by atoms with Gasteiger partial charge in [0.05, 0.1) is 17.9 Å². The number of ether oxygens (including phenoxy) is 1. The van der Waals surface area contributed by atoms with E-state index in [1.54, 1.807) is 12.2 Å². The van der Waals surface area contributed by atoms with E-state index in [1.165, 1.54) is 23.8 Å². The van der Waals surface area contributed by atoms with Crippen molar-refractivity contribution in [3.05, 3.63) is 90.0 Å². The summed E-state index contributed by atoms with van der Waals surface area (Å²) in [4.78, 5) is 32.6. The number of aromatic hydroxyl groups is 1. The molecule has 196 valence electrons. The Balaban J connectivity index is 1.60. The van der Waals surface area contributed by atoms with E-state index in [0.29, 0.717) is 42.3 Å². The molecule has 1 amide bonds. The predicted molar refractivity (Wildman–Crippen MR) is 145 cm³/mol. The van der Waals surface area contributed by atoms with E-state index in [-0.39, 0.29) is 31.3 Å². The van der Waals surface area contributed by atoms with Crippen LogP contribution >= 0.6 is 0 Å². The number of carbonyl (C=O) groups is 2. The van der Waals surface area contributed by atoms with Crippen molar-refractivity contribution in [2.75, 3.05) is 26.3 Å². The number of phenolic OH excluding ortho intramolecular Hbond substituents is 1. The molecule has 3 rings (SSSR count). The maximum absolute atomic E-state index is 12.7. The standard InChI is InChI=1S/C30H36N2O5/c1-3-5-12-26(20-25-21-27(33)13-14-28(25)30(35)36-19-6-4-2)31-37-22-29(34)32-17-15-24(16-18-32)23-10-8-7-9-11-23/h4-5,7-14,21,24,33H,2-3,6,15-20,22H2,1H3/b12-5+,31-26-. The summed E-state index contributed by atoms with van der Waals surface area (Å²) in [7, 11) is 0. The molecule has 0 spiro atoms. The van der Waals surface area contributed by atoms with Crippen LogP contribution in [0.2, 0.25) is 0 Å². The highest BCUT2D eigenvalue weighted by molar-refractivity contribution is 5.99. The first kappa shape index (κ1) is 27.7. The Morgan fingerprint density at radius 2 is 1.92 bits per heavy atom. The second kappa shape index (κ2) is 14.6. The molecule has 0 bridgehead atoms. The molecule has 1 aliphatic rings. The highest BCUT2D eigenvalue weighted by Gasteiger charge is 2.24. The minimum Gasteiger partial charge on any atom is -0.508 e. The van der Waals surface area contributed by atoms with Crippen molar-refractivity contribution >= 4 is 17.6 Å². The minimum absolute atomic E-state index is 0.0338. The van der Waals surface area contributed by atoms with Crippen LogP contribution in [0, 0.1) is 0 Å². The molecule has 1 heterocycles. The molecule has 7 heteroatoms. The fraction of sp³-hybridized carbons (Fsp3) is 0.367. The smallest absolute Gasteiger partial charge is 0.338 e. The lowest BCUT2D eigenvalue weighted by Crippen LogP contribution is -2.39. The molecule has 0 radical (unpaired) electrons. The van der Waals surface area contributed by atoms with E-state index in [0.717, 1.165) is 19.3 Å². The maximum atomic E-state index is 12.7. The van der Waals surface area contributed by atoms with E-state index in [1.807, 2.05) is 24.0 Å². The van der Waals surface area contributed by atoms with Gasteiger partial charge >= 0.3 is 5.97 Å². The van der Waals surface area contributed by atoms with E-state index < -0.39 is 5.97 Å². The highest BCUT2D eigenvalue weighted by atomic mass is 16.6. The van der Waals surface area contributed by atoms with Gasteiger partial charge in [0.1, 0.15) is 5.75 Å². The molecule has 37 heavy (non-hydrogen) atoms. The zero-order valence-corrected chi connectivity index (χ0v) is 21.5. The molecule has 1 fully saturated rings. The molecule has 2 aromatic rings. The summed E-state index contributed by atoms with van der Waals surface area (Å²) in [6, 6.07) is 14.9. The zero-order valence-electron chi connectivity index (χ0n) is 21.5. The van der Waals surface area contributed by atoms with Gasteiger partial charge in [-0.15, -0.1) is 6.58 Å². The Labute approximate surface area is 219 Å². The van der Waals surface area contributed by atoms with Gasteiger partial charge in [-0.05, 0) is 67.0 Å². The second-order valence-electron chi connectivity index (χ2n) is 8.96. The van der Waals surface area contributed by atoms with Crippen molar-refractivity contribution in [3.8, 4) is 5.75 Å². The quantitative estimate of drug-likeness (QED) is 0.137.